The first-order chi connectivity index (χ1) is 9.77. The highest BCUT2D eigenvalue weighted by Crippen LogP contribution is 2.35. The quantitative estimate of drug-likeness (QED) is 0.794. The third kappa shape index (κ3) is 5.26. The molecule has 0 saturated carbocycles. The number of likely N-dealkylation sites (N-methyl/N-ethyl adjacent to an activating group) is 1. The molecule has 3 N–H and O–H groups in total. The Balaban J connectivity index is 2.77. The fourth-order valence-electron chi connectivity index (χ4n) is 1.95. The van der Waals surface area contributed by atoms with E-state index in [1.54, 1.807) is 0 Å². The lowest BCUT2D eigenvalue weighted by molar-refractivity contribution is -0.136. The molecule has 0 fully saturated rings. The lowest BCUT2D eigenvalue weighted by Gasteiger charge is -2.19. The third-order valence-corrected chi connectivity index (χ3v) is 3.00. The van der Waals surface area contributed by atoms with Crippen molar-refractivity contribution < 1.29 is 18.0 Å². The van der Waals surface area contributed by atoms with Crippen molar-refractivity contribution in [3.63, 3.8) is 0 Å². The molecule has 0 bridgehead atoms. The van der Waals surface area contributed by atoms with Crippen LogP contribution in [0.15, 0.2) is 18.2 Å². The summed E-state index contributed by atoms with van der Waals surface area (Å²) in [6.07, 6.45) is -3.64. The summed E-state index contributed by atoms with van der Waals surface area (Å²) in [4.78, 5) is 13.8. The first kappa shape index (κ1) is 17.3. The lowest BCUT2D eigenvalue weighted by atomic mass is 10.1. The summed E-state index contributed by atoms with van der Waals surface area (Å²) >= 11 is 0. The second kappa shape index (κ2) is 7.31. The highest BCUT2D eigenvalue weighted by molar-refractivity contribution is 5.92. The standard InChI is InChI=1S/C14H20F3N3O/c1-3-7-20(4-2)9-13(21)19-10-5-6-12(18)11(8-10)14(15,16)17/h5-6,8H,3-4,7,9,18H2,1-2H3,(H,19,21). The summed E-state index contributed by atoms with van der Waals surface area (Å²) in [5, 5.41) is 2.47. The van der Waals surface area contributed by atoms with Crippen molar-refractivity contribution in [1.82, 2.24) is 4.90 Å². The van der Waals surface area contributed by atoms with Gasteiger partial charge in [-0.3, -0.25) is 9.69 Å². The number of nitrogens with one attached hydrogen (secondary N) is 1. The minimum atomic E-state index is -4.54. The predicted octanol–water partition coefficient (Wildman–Crippen LogP) is 2.96. The fourth-order valence-corrected chi connectivity index (χ4v) is 1.95. The SMILES string of the molecule is CCCN(CC)CC(=O)Nc1ccc(N)c(C(F)(F)F)c1. The van der Waals surface area contributed by atoms with Crippen LogP contribution in [0, 0.1) is 0 Å². The largest absolute Gasteiger partial charge is 0.418 e. The van der Waals surface area contributed by atoms with Crippen LogP contribution in [0.4, 0.5) is 24.5 Å². The second-order valence-electron chi connectivity index (χ2n) is 4.72. The molecule has 0 aliphatic heterocycles. The number of alkyl halides is 3. The van der Waals surface area contributed by atoms with E-state index in [0.717, 1.165) is 25.1 Å². The number of nitrogens with two attached hydrogens (primary N) is 1. The van der Waals surface area contributed by atoms with Crippen molar-refractivity contribution in [2.75, 3.05) is 30.7 Å². The number of halogens is 3. The van der Waals surface area contributed by atoms with Gasteiger partial charge in [0.25, 0.3) is 0 Å². The van der Waals surface area contributed by atoms with E-state index < -0.39 is 11.7 Å². The van der Waals surface area contributed by atoms with E-state index >= 15 is 0 Å². The number of anilines is 2. The Kier molecular flexibility index (Phi) is 6.02. The van der Waals surface area contributed by atoms with Gasteiger partial charge >= 0.3 is 6.18 Å². The van der Waals surface area contributed by atoms with Crippen molar-refractivity contribution in [3.05, 3.63) is 23.8 Å². The van der Waals surface area contributed by atoms with Crippen LogP contribution < -0.4 is 11.1 Å². The molecule has 118 valence electrons. The normalized spacial score (nSPS) is 11.7. The zero-order valence-corrected chi connectivity index (χ0v) is 12.1. The van der Waals surface area contributed by atoms with Crippen LogP contribution in [0.5, 0.6) is 0 Å². The third-order valence-electron chi connectivity index (χ3n) is 3.00. The Morgan fingerprint density at radius 2 is 2.00 bits per heavy atom. The van der Waals surface area contributed by atoms with E-state index in [0.29, 0.717) is 6.54 Å². The molecule has 1 aromatic rings. The maximum Gasteiger partial charge on any atom is 0.418 e. The minimum absolute atomic E-state index is 0.0917. The van der Waals surface area contributed by atoms with E-state index in [2.05, 4.69) is 5.32 Å². The summed E-state index contributed by atoms with van der Waals surface area (Å²) in [5.74, 6) is -0.344. The molecule has 0 aromatic heterocycles. The van der Waals surface area contributed by atoms with Crippen LogP contribution in [-0.4, -0.2) is 30.4 Å². The van der Waals surface area contributed by atoms with Crippen LogP contribution in [-0.2, 0) is 11.0 Å². The van der Waals surface area contributed by atoms with Gasteiger partial charge in [-0.2, -0.15) is 13.2 Å². The average Bonchev–Trinajstić information content (AvgIpc) is 2.39. The molecule has 0 radical (unpaired) electrons. The molecular formula is C14H20F3N3O. The molecule has 0 aliphatic carbocycles. The monoisotopic (exact) mass is 303 g/mol. The van der Waals surface area contributed by atoms with E-state index in [9.17, 15) is 18.0 Å². The molecule has 1 amide bonds. The molecular weight excluding hydrogens is 283 g/mol. The lowest BCUT2D eigenvalue weighted by Crippen LogP contribution is -2.33. The number of carbonyl (C=O) groups is 1. The van der Waals surface area contributed by atoms with Crippen LogP contribution >= 0.6 is 0 Å². The summed E-state index contributed by atoms with van der Waals surface area (Å²) in [6, 6.07) is 3.35. The summed E-state index contributed by atoms with van der Waals surface area (Å²) in [7, 11) is 0. The van der Waals surface area contributed by atoms with Crippen LogP contribution in [0.3, 0.4) is 0 Å². The number of nitrogens with zero attached hydrogens (tertiary/aromatic N) is 1. The number of benzene rings is 1. The first-order valence-corrected chi connectivity index (χ1v) is 6.76. The summed E-state index contributed by atoms with van der Waals surface area (Å²) in [6.45, 7) is 5.54. The number of amides is 1. The molecule has 1 rings (SSSR count). The van der Waals surface area contributed by atoms with E-state index in [1.165, 1.54) is 6.07 Å². The van der Waals surface area contributed by atoms with Gasteiger partial charge in [0.05, 0.1) is 12.1 Å². The fraction of sp³-hybridized carbons (Fsp3) is 0.500. The van der Waals surface area contributed by atoms with Crippen LogP contribution in [0.1, 0.15) is 25.8 Å². The Morgan fingerprint density at radius 3 is 2.52 bits per heavy atom. The average molecular weight is 303 g/mol. The maximum atomic E-state index is 12.7. The Labute approximate surface area is 122 Å². The summed E-state index contributed by atoms with van der Waals surface area (Å²) < 4.78 is 38.2. The molecule has 4 nitrogen and oxygen atoms in total. The minimum Gasteiger partial charge on any atom is -0.398 e. The van der Waals surface area contributed by atoms with Gasteiger partial charge in [-0.15, -0.1) is 0 Å². The van der Waals surface area contributed by atoms with Gasteiger partial charge in [-0.25, -0.2) is 0 Å². The summed E-state index contributed by atoms with van der Waals surface area (Å²) in [5.41, 5.74) is 4.10. The van der Waals surface area contributed by atoms with Gasteiger partial charge in [0.15, 0.2) is 0 Å². The molecule has 1 aromatic carbocycles. The van der Waals surface area contributed by atoms with Gasteiger partial charge in [0.2, 0.25) is 5.91 Å². The zero-order chi connectivity index (χ0) is 16.0. The van der Waals surface area contributed by atoms with Crippen molar-refractivity contribution in [2.24, 2.45) is 0 Å². The second-order valence-corrected chi connectivity index (χ2v) is 4.72. The molecule has 0 saturated heterocycles. The van der Waals surface area contributed by atoms with Gasteiger partial charge < -0.3 is 11.1 Å². The van der Waals surface area contributed by atoms with Gasteiger partial charge in [0.1, 0.15) is 0 Å². The highest BCUT2D eigenvalue weighted by atomic mass is 19.4. The van der Waals surface area contributed by atoms with E-state index in [-0.39, 0.29) is 23.8 Å². The van der Waals surface area contributed by atoms with Gasteiger partial charge in [0, 0.05) is 11.4 Å². The molecule has 7 heteroatoms. The molecule has 0 unspecified atom stereocenters. The highest BCUT2D eigenvalue weighted by Gasteiger charge is 2.33. The van der Waals surface area contributed by atoms with Crippen LogP contribution in [0.25, 0.3) is 0 Å². The van der Waals surface area contributed by atoms with E-state index in [1.807, 2.05) is 18.7 Å². The topological polar surface area (TPSA) is 58.4 Å². The molecule has 0 atom stereocenters. The predicted molar refractivity (Wildman–Crippen MR) is 76.9 cm³/mol. The van der Waals surface area contributed by atoms with Crippen molar-refractivity contribution >= 4 is 17.3 Å². The van der Waals surface area contributed by atoms with Crippen molar-refractivity contribution in [2.45, 2.75) is 26.4 Å². The van der Waals surface area contributed by atoms with Crippen molar-refractivity contribution in [3.8, 4) is 0 Å². The van der Waals surface area contributed by atoms with Crippen LogP contribution in [0.2, 0.25) is 0 Å². The Hall–Kier alpha value is -1.76. The van der Waals surface area contributed by atoms with Crippen molar-refractivity contribution in [1.29, 1.82) is 0 Å². The van der Waals surface area contributed by atoms with Gasteiger partial charge in [-0.05, 0) is 37.7 Å². The number of rotatable bonds is 6. The number of nitrogen functional groups attached to an aromatic ring is 1. The zero-order valence-electron chi connectivity index (χ0n) is 12.1. The maximum absolute atomic E-state index is 12.7. The number of hydrogen-bond acceptors (Lipinski definition) is 3. The number of hydrogen-bond donors (Lipinski definition) is 2. The number of carbonyl (C=O) groups excluding carboxylic acids is 1. The van der Waals surface area contributed by atoms with E-state index in [4.69, 9.17) is 5.73 Å². The Bertz CT molecular complexity index is 489. The first-order valence-electron chi connectivity index (χ1n) is 6.76. The molecule has 0 spiro atoms. The van der Waals surface area contributed by atoms with Gasteiger partial charge in [-0.1, -0.05) is 13.8 Å². The molecule has 0 heterocycles. The molecule has 0 aliphatic rings. The molecule has 21 heavy (non-hydrogen) atoms. The smallest absolute Gasteiger partial charge is 0.398 e. The Morgan fingerprint density at radius 1 is 1.33 bits per heavy atom.